The minimum atomic E-state index is -0.179. The minimum Gasteiger partial charge on any atom is -0.493 e. The predicted molar refractivity (Wildman–Crippen MR) is 105 cm³/mol. The van der Waals surface area contributed by atoms with E-state index in [4.69, 9.17) is 18.9 Å². The van der Waals surface area contributed by atoms with E-state index in [0.717, 1.165) is 5.75 Å². The fourth-order valence-electron chi connectivity index (χ4n) is 2.46. The molecule has 0 atom stereocenters. The van der Waals surface area contributed by atoms with Crippen LogP contribution in [0.25, 0.3) is 0 Å². The molecule has 0 saturated heterocycles. The molecule has 2 aromatic rings. The number of carbonyl (C=O) groups excluding carboxylic acids is 1. The van der Waals surface area contributed by atoms with Gasteiger partial charge in [-0.05, 0) is 38.1 Å². The number of rotatable bonds is 9. The summed E-state index contributed by atoms with van der Waals surface area (Å²) in [5.41, 5.74) is 1.38. The predicted octanol–water partition coefficient (Wildman–Crippen LogP) is 3.55. The summed E-state index contributed by atoms with van der Waals surface area (Å²) in [5, 5.41) is 5.88. The fourth-order valence-corrected chi connectivity index (χ4v) is 2.46. The van der Waals surface area contributed by atoms with Crippen LogP contribution in [0, 0.1) is 0 Å². The number of methoxy groups -OCH3 is 3. The van der Waals surface area contributed by atoms with E-state index in [9.17, 15) is 4.79 Å². The highest BCUT2D eigenvalue weighted by atomic mass is 16.5. The van der Waals surface area contributed by atoms with Crippen molar-refractivity contribution in [1.29, 1.82) is 0 Å². The molecule has 0 saturated carbocycles. The normalized spacial score (nSPS) is 10.3. The Labute approximate surface area is 159 Å². The van der Waals surface area contributed by atoms with Crippen LogP contribution in [-0.2, 0) is 4.79 Å². The zero-order valence-electron chi connectivity index (χ0n) is 16.3. The average Bonchev–Trinajstić information content (AvgIpc) is 2.66. The SMILES string of the molecule is COc1cc(NCC(=O)Nc2ccc(OC(C)C)cc2)cc(OC)c1OC. The van der Waals surface area contributed by atoms with Gasteiger partial charge >= 0.3 is 0 Å². The summed E-state index contributed by atoms with van der Waals surface area (Å²) in [5.74, 6) is 2.11. The Morgan fingerprint density at radius 2 is 1.52 bits per heavy atom. The number of hydrogen-bond donors (Lipinski definition) is 2. The Morgan fingerprint density at radius 3 is 2.00 bits per heavy atom. The van der Waals surface area contributed by atoms with Crippen LogP contribution in [0.1, 0.15) is 13.8 Å². The first-order valence-electron chi connectivity index (χ1n) is 8.57. The summed E-state index contributed by atoms with van der Waals surface area (Å²) in [6.07, 6.45) is 0.105. The standard InChI is InChI=1S/C20H26N2O5/c1-13(2)27-16-8-6-14(7-9-16)22-19(23)12-21-15-10-17(24-3)20(26-5)18(11-15)25-4/h6-11,13,21H,12H2,1-5H3,(H,22,23). The summed E-state index contributed by atoms with van der Waals surface area (Å²) in [6, 6.07) is 10.7. The maximum absolute atomic E-state index is 12.2. The monoisotopic (exact) mass is 374 g/mol. The van der Waals surface area contributed by atoms with Crippen LogP contribution in [0.5, 0.6) is 23.0 Å². The van der Waals surface area contributed by atoms with Crippen LogP contribution in [-0.4, -0.2) is 39.9 Å². The molecule has 146 valence electrons. The third kappa shape index (κ3) is 5.70. The molecule has 7 nitrogen and oxygen atoms in total. The molecule has 7 heteroatoms. The number of amides is 1. The van der Waals surface area contributed by atoms with Crippen molar-refractivity contribution in [3.05, 3.63) is 36.4 Å². The lowest BCUT2D eigenvalue weighted by Gasteiger charge is -2.15. The second kappa shape index (κ2) is 9.56. The average molecular weight is 374 g/mol. The molecule has 0 radical (unpaired) electrons. The second-order valence-electron chi connectivity index (χ2n) is 6.01. The van der Waals surface area contributed by atoms with Gasteiger partial charge in [-0.1, -0.05) is 0 Å². The molecule has 0 aromatic heterocycles. The summed E-state index contributed by atoms with van der Waals surface area (Å²) < 4.78 is 21.5. The van der Waals surface area contributed by atoms with Gasteiger partial charge in [0.25, 0.3) is 0 Å². The molecule has 0 heterocycles. The van der Waals surface area contributed by atoms with Gasteiger partial charge in [-0.3, -0.25) is 4.79 Å². The van der Waals surface area contributed by atoms with Crippen LogP contribution in [0.2, 0.25) is 0 Å². The van der Waals surface area contributed by atoms with Crippen molar-refractivity contribution < 1.29 is 23.7 Å². The quantitative estimate of drug-likeness (QED) is 0.699. The zero-order chi connectivity index (χ0) is 19.8. The van der Waals surface area contributed by atoms with Gasteiger partial charge in [0.2, 0.25) is 11.7 Å². The molecule has 27 heavy (non-hydrogen) atoms. The molecule has 2 aromatic carbocycles. The highest BCUT2D eigenvalue weighted by molar-refractivity contribution is 5.93. The van der Waals surface area contributed by atoms with E-state index in [1.807, 2.05) is 26.0 Å². The highest BCUT2D eigenvalue weighted by Gasteiger charge is 2.13. The third-order valence-electron chi connectivity index (χ3n) is 3.63. The first-order valence-corrected chi connectivity index (χ1v) is 8.57. The van der Waals surface area contributed by atoms with E-state index in [1.165, 1.54) is 0 Å². The van der Waals surface area contributed by atoms with Crippen LogP contribution in [0.15, 0.2) is 36.4 Å². The molecule has 0 bridgehead atoms. The van der Waals surface area contributed by atoms with Gasteiger partial charge < -0.3 is 29.6 Å². The maximum Gasteiger partial charge on any atom is 0.243 e. The summed E-state index contributed by atoms with van der Waals surface area (Å²) in [7, 11) is 4.62. The fraction of sp³-hybridized carbons (Fsp3) is 0.350. The van der Waals surface area contributed by atoms with Gasteiger partial charge in [0.1, 0.15) is 5.75 Å². The minimum absolute atomic E-state index is 0.0862. The molecule has 2 rings (SSSR count). The zero-order valence-corrected chi connectivity index (χ0v) is 16.3. The Balaban J connectivity index is 1.97. The van der Waals surface area contributed by atoms with Gasteiger partial charge in [-0.2, -0.15) is 0 Å². The van der Waals surface area contributed by atoms with Crippen molar-refractivity contribution in [3.8, 4) is 23.0 Å². The molecule has 0 aliphatic carbocycles. The third-order valence-corrected chi connectivity index (χ3v) is 3.63. The first kappa shape index (κ1) is 20.2. The lowest BCUT2D eigenvalue weighted by Crippen LogP contribution is -2.21. The number of benzene rings is 2. The topological polar surface area (TPSA) is 78.1 Å². The first-order chi connectivity index (χ1) is 13.0. The van der Waals surface area contributed by atoms with Gasteiger partial charge in [0.15, 0.2) is 11.5 Å². The molecule has 0 aliphatic heterocycles. The largest absolute Gasteiger partial charge is 0.493 e. The van der Waals surface area contributed by atoms with Gasteiger partial charge in [0, 0.05) is 23.5 Å². The van der Waals surface area contributed by atoms with E-state index >= 15 is 0 Å². The van der Waals surface area contributed by atoms with E-state index in [-0.39, 0.29) is 18.6 Å². The smallest absolute Gasteiger partial charge is 0.243 e. The van der Waals surface area contributed by atoms with Gasteiger partial charge in [-0.25, -0.2) is 0 Å². The van der Waals surface area contributed by atoms with Crippen molar-refractivity contribution in [2.24, 2.45) is 0 Å². The Kier molecular flexibility index (Phi) is 7.16. The van der Waals surface area contributed by atoms with Crippen molar-refractivity contribution in [1.82, 2.24) is 0 Å². The number of nitrogens with one attached hydrogen (secondary N) is 2. The Hall–Kier alpha value is -3.09. The van der Waals surface area contributed by atoms with Gasteiger partial charge in [-0.15, -0.1) is 0 Å². The molecular weight excluding hydrogens is 348 g/mol. The van der Waals surface area contributed by atoms with Crippen LogP contribution >= 0.6 is 0 Å². The Morgan fingerprint density at radius 1 is 0.926 bits per heavy atom. The van der Waals surface area contributed by atoms with E-state index in [2.05, 4.69) is 10.6 Å². The van der Waals surface area contributed by atoms with Crippen molar-refractivity contribution in [2.45, 2.75) is 20.0 Å². The van der Waals surface area contributed by atoms with Crippen molar-refractivity contribution in [3.63, 3.8) is 0 Å². The number of anilines is 2. The van der Waals surface area contributed by atoms with Gasteiger partial charge in [0.05, 0.1) is 34.0 Å². The van der Waals surface area contributed by atoms with Crippen molar-refractivity contribution >= 4 is 17.3 Å². The number of hydrogen-bond acceptors (Lipinski definition) is 6. The molecule has 0 aliphatic rings. The summed E-state index contributed by atoms with van der Waals surface area (Å²) in [6.45, 7) is 4.01. The number of carbonyl (C=O) groups is 1. The van der Waals surface area contributed by atoms with E-state index < -0.39 is 0 Å². The molecule has 0 spiro atoms. The molecule has 1 amide bonds. The maximum atomic E-state index is 12.2. The van der Waals surface area contributed by atoms with E-state index in [0.29, 0.717) is 28.6 Å². The molecular formula is C20H26N2O5. The van der Waals surface area contributed by atoms with Crippen molar-refractivity contribution in [2.75, 3.05) is 38.5 Å². The Bertz CT molecular complexity index is 734. The second-order valence-corrected chi connectivity index (χ2v) is 6.01. The lowest BCUT2D eigenvalue weighted by molar-refractivity contribution is -0.114. The van der Waals surface area contributed by atoms with Crippen LogP contribution in [0.4, 0.5) is 11.4 Å². The number of ether oxygens (including phenoxy) is 4. The molecule has 2 N–H and O–H groups in total. The summed E-state index contributed by atoms with van der Waals surface area (Å²) >= 11 is 0. The molecule has 0 unspecified atom stereocenters. The molecule has 0 fully saturated rings. The highest BCUT2D eigenvalue weighted by Crippen LogP contribution is 2.39. The van der Waals surface area contributed by atoms with Crippen LogP contribution in [0.3, 0.4) is 0 Å². The summed E-state index contributed by atoms with van der Waals surface area (Å²) in [4.78, 5) is 12.2. The lowest BCUT2D eigenvalue weighted by atomic mass is 10.2. The van der Waals surface area contributed by atoms with E-state index in [1.54, 1.807) is 45.6 Å². The van der Waals surface area contributed by atoms with Crippen LogP contribution < -0.4 is 29.6 Å².